The number of hydrogen-bond acceptors (Lipinski definition) is 6. The van der Waals surface area contributed by atoms with Crippen molar-refractivity contribution < 1.29 is 14.4 Å². The summed E-state index contributed by atoms with van der Waals surface area (Å²) in [6.07, 6.45) is 2.23. The Morgan fingerprint density at radius 1 is 1.09 bits per heavy atom. The summed E-state index contributed by atoms with van der Waals surface area (Å²) in [5.74, 6) is 0.954. The first-order valence-corrected chi connectivity index (χ1v) is 11.5. The van der Waals surface area contributed by atoms with Gasteiger partial charge in [0, 0.05) is 51.6 Å². The number of nitrogens with one attached hydrogen (secondary N) is 4. The average molecular weight is 464 g/mol. The van der Waals surface area contributed by atoms with Crippen LogP contribution in [0.1, 0.15) is 36.7 Å². The van der Waals surface area contributed by atoms with Crippen molar-refractivity contribution in [1.29, 1.82) is 0 Å². The molecule has 0 aliphatic carbocycles. The number of aromatic nitrogens is 3. The maximum atomic E-state index is 12.7. The molecule has 0 bridgehead atoms. The Morgan fingerprint density at radius 3 is 2.65 bits per heavy atom. The topological polar surface area (TPSA) is 132 Å². The molecule has 0 atom stereocenters. The summed E-state index contributed by atoms with van der Waals surface area (Å²) in [5, 5.41) is 9.58. The van der Waals surface area contributed by atoms with Gasteiger partial charge in [-0.1, -0.05) is 30.3 Å². The quantitative estimate of drug-likeness (QED) is 0.340. The summed E-state index contributed by atoms with van der Waals surface area (Å²) in [4.78, 5) is 49.8. The van der Waals surface area contributed by atoms with Crippen molar-refractivity contribution in [3.8, 4) is 11.4 Å². The molecule has 3 aromatic rings. The zero-order chi connectivity index (χ0) is 23.9. The molecule has 0 saturated carbocycles. The highest BCUT2D eigenvalue weighted by Crippen LogP contribution is 2.25. The van der Waals surface area contributed by atoms with E-state index >= 15 is 0 Å². The van der Waals surface area contributed by atoms with Crippen molar-refractivity contribution in [1.82, 2.24) is 30.5 Å². The predicted molar refractivity (Wildman–Crippen MR) is 129 cm³/mol. The van der Waals surface area contributed by atoms with Crippen molar-refractivity contribution in [3.63, 3.8) is 0 Å². The minimum absolute atomic E-state index is 0.102. The number of carbonyl (C=O) groups excluding carboxylic acids is 3. The minimum atomic E-state index is -0.240. The van der Waals surface area contributed by atoms with E-state index in [4.69, 9.17) is 0 Å². The number of likely N-dealkylation sites (tertiary alicyclic amines) is 1. The smallest absolute Gasteiger partial charge is 0.267 e. The summed E-state index contributed by atoms with van der Waals surface area (Å²) < 4.78 is 0. The van der Waals surface area contributed by atoms with Crippen LogP contribution in [0.25, 0.3) is 22.4 Å². The fourth-order valence-corrected chi connectivity index (χ4v) is 3.91. The highest BCUT2D eigenvalue weighted by molar-refractivity contribution is 6.00. The molecule has 1 fully saturated rings. The summed E-state index contributed by atoms with van der Waals surface area (Å²) in [6, 6.07) is 11.3. The minimum Gasteiger partial charge on any atom is -0.368 e. The number of amides is 3. The average Bonchev–Trinajstić information content (AvgIpc) is 3.46. The van der Waals surface area contributed by atoms with Crippen LogP contribution >= 0.6 is 0 Å². The molecule has 0 radical (unpaired) electrons. The van der Waals surface area contributed by atoms with Crippen molar-refractivity contribution in [3.05, 3.63) is 42.1 Å². The van der Waals surface area contributed by atoms with Crippen LogP contribution in [0.15, 0.2) is 36.4 Å². The number of hydrogen-bond donors (Lipinski definition) is 4. The molecule has 0 unspecified atom stereocenters. The van der Waals surface area contributed by atoms with E-state index in [1.807, 2.05) is 35.2 Å². The highest BCUT2D eigenvalue weighted by Gasteiger charge is 2.19. The number of rotatable bonds is 10. The van der Waals surface area contributed by atoms with Gasteiger partial charge in [0.2, 0.25) is 11.8 Å². The number of fused-ring (bicyclic) bond motifs is 1. The molecule has 10 heteroatoms. The van der Waals surface area contributed by atoms with Crippen LogP contribution in [-0.2, 0) is 9.59 Å². The normalized spacial score (nSPS) is 13.3. The van der Waals surface area contributed by atoms with Crippen LogP contribution in [0.4, 0.5) is 5.82 Å². The summed E-state index contributed by atoms with van der Waals surface area (Å²) in [7, 11) is 0. The first-order chi connectivity index (χ1) is 16.5. The van der Waals surface area contributed by atoms with Gasteiger partial charge in [0.15, 0.2) is 5.82 Å². The van der Waals surface area contributed by atoms with E-state index in [1.165, 1.54) is 6.92 Å². The van der Waals surface area contributed by atoms with Crippen LogP contribution < -0.4 is 16.0 Å². The molecule has 0 spiro atoms. The fourth-order valence-electron chi connectivity index (χ4n) is 3.91. The lowest BCUT2D eigenvalue weighted by Crippen LogP contribution is -2.30. The Hall–Kier alpha value is -3.95. The van der Waals surface area contributed by atoms with Gasteiger partial charge in [-0.2, -0.15) is 0 Å². The summed E-state index contributed by atoms with van der Waals surface area (Å²) in [6.45, 7) is 4.31. The summed E-state index contributed by atoms with van der Waals surface area (Å²) >= 11 is 0. The molecule has 34 heavy (non-hydrogen) atoms. The van der Waals surface area contributed by atoms with Crippen molar-refractivity contribution in [2.45, 2.75) is 26.2 Å². The largest absolute Gasteiger partial charge is 0.368 e. The van der Waals surface area contributed by atoms with E-state index in [9.17, 15) is 14.4 Å². The van der Waals surface area contributed by atoms with Gasteiger partial charge in [0.25, 0.3) is 5.91 Å². The molecule has 1 aliphatic rings. The number of carbonyl (C=O) groups is 3. The van der Waals surface area contributed by atoms with Crippen LogP contribution in [-0.4, -0.2) is 70.3 Å². The van der Waals surface area contributed by atoms with E-state index < -0.39 is 0 Å². The van der Waals surface area contributed by atoms with E-state index in [-0.39, 0.29) is 17.7 Å². The third kappa shape index (κ3) is 5.69. The van der Waals surface area contributed by atoms with Crippen LogP contribution in [0.2, 0.25) is 0 Å². The van der Waals surface area contributed by atoms with Gasteiger partial charge in [0.05, 0.1) is 5.39 Å². The van der Waals surface area contributed by atoms with Gasteiger partial charge >= 0.3 is 0 Å². The third-order valence-electron chi connectivity index (χ3n) is 5.62. The van der Waals surface area contributed by atoms with Gasteiger partial charge in [0.1, 0.15) is 17.2 Å². The lowest BCUT2D eigenvalue weighted by Gasteiger charge is -2.15. The molecular weight excluding hydrogens is 434 g/mol. The first kappa shape index (κ1) is 23.2. The third-order valence-corrected chi connectivity index (χ3v) is 5.62. The van der Waals surface area contributed by atoms with E-state index in [0.29, 0.717) is 67.4 Å². The summed E-state index contributed by atoms with van der Waals surface area (Å²) in [5.41, 5.74) is 1.78. The monoisotopic (exact) mass is 463 g/mol. The first-order valence-electron chi connectivity index (χ1n) is 11.5. The molecule has 4 N–H and O–H groups in total. The zero-order valence-corrected chi connectivity index (χ0v) is 19.2. The number of H-pyrrole nitrogens is 1. The number of anilines is 1. The van der Waals surface area contributed by atoms with Gasteiger partial charge in [-0.25, -0.2) is 9.97 Å². The number of nitrogens with zero attached hydrogens (tertiary/aromatic N) is 3. The predicted octanol–water partition coefficient (Wildman–Crippen LogP) is 1.92. The fraction of sp³-hybridized carbons (Fsp3) is 0.375. The lowest BCUT2D eigenvalue weighted by molar-refractivity contribution is -0.127. The van der Waals surface area contributed by atoms with Gasteiger partial charge in [-0.3, -0.25) is 14.4 Å². The Morgan fingerprint density at radius 2 is 1.91 bits per heavy atom. The molecule has 3 heterocycles. The SMILES string of the molecule is CC(=O)NCCNc1nc(-c2ccccc2)nc2[nH]c(C(=O)NCCCN3CCCC3=O)cc12. The van der Waals surface area contributed by atoms with Gasteiger partial charge in [-0.15, -0.1) is 0 Å². The Kier molecular flexibility index (Phi) is 7.36. The second-order valence-electron chi connectivity index (χ2n) is 8.21. The molecule has 4 rings (SSSR count). The molecule has 178 valence electrons. The maximum absolute atomic E-state index is 12.7. The van der Waals surface area contributed by atoms with E-state index in [1.54, 1.807) is 6.07 Å². The second kappa shape index (κ2) is 10.8. The Bertz CT molecular complexity index is 1180. The van der Waals surface area contributed by atoms with E-state index in [0.717, 1.165) is 18.5 Å². The van der Waals surface area contributed by atoms with Crippen molar-refractivity contribution >= 4 is 34.6 Å². The molecule has 1 aliphatic heterocycles. The maximum Gasteiger partial charge on any atom is 0.267 e. The Labute approximate surface area is 197 Å². The number of benzene rings is 1. The Balaban J connectivity index is 1.48. The zero-order valence-electron chi connectivity index (χ0n) is 19.2. The number of aromatic amines is 1. The molecule has 10 nitrogen and oxygen atoms in total. The van der Waals surface area contributed by atoms with Crippen molar-refractivity contribution in [2.75, 3.05) is 38.0 Å². The van der Waals surface area contributed by atoms with Crippen LogP contribution in [0.3, 0.4) is 0 Å². The van der Waals surface area contributed by atoms with Gasteiger partial charge < -0.3 is 25.8 Å². The lowest BCUT2D eigenvalue weighted by atomic mass is 10.2. The molecule has 3 amide bonds. The van der Waals surface area contributed by atoms with Crippen LogP contribution in [0, 0.1) is 0 Å². The molecule has 1 aromatic carbocycles. The molecule has 1 saturated heterocycles. The van der Waals surface area contributed by atoms with Crippen LogP contribution in [0.5, 0.6) is 0 Å². The molecule has 2 aromatic heterocycles. The van der Waals surface area contributed by atoms with E-state index in [2.05, 4.69) is 30.9 Å². The molecular formula is C24H29N7O3. The van der Waals surface area contributed by atoms with Gasteiger partial charge in [-0.05, 0) is 18.9 Å². The van der Waals surface area contributed by atoms with Crippen molar-refractivity contribution in [2.24, 2.45) is 0 Å². The second-order valence-corrected chi connectivity index (χ2v) is 8.21. The standard InChI is InChI=1S/C24H29N7O3/c1-16(32)25-11-12-26-22-18-15-19(24(34)27-10-6-14-31-13-5-9-20(31)33)28-23(18)30-21(29-22)17-7-3-2-4-8-17/h2-4,7-8,15H,5-6,9-14H2,1H3,(H,25,32)(H,27,34)(H2,26,28,29,30). The highest BCUT2D eigenvalue weighted by atomic mass is 16.2.